The summed E-state index contributed by atoms with van der Waals surface area (Å²) in [6.07, 6.45) is 2.86. The molecule has 2 atom stereocenters. The van der Waals surface area contributed by atoms with Crippen molar-refractivity contribution in [3.05, 3.63) is 22.4 Å². The Balaban J connectivity index is 2.01. The third-order valence-electron chi connectivity index (χ3n) is 3.53. The van der Waals surface area contributed by atoms with Gasteiger partial charge in [0, 0.05) is 24.6 Å². The molecule has 0 radical (unpaired) electrons. The van der Waals surface area contributed by atoms with Crippen LogP contribution in [-0.4, -0.2) is 36.6 Å². The highest BCUT2D eigenvalue weighted by Gasteiger charge is 2.38. The van der Waals surface area contributed by atoms with Gasteiger partial charge in [-0.1, -0.05) is 19.4 Å². The predicted molar refractivity (Wildman–Crippen MR) is 81.7 cm³/mol. The molecule has 20 heavy (non-hydrogen) atoms. The molecule has 2 rings (SSSR count). The molecule has 2 heterocycles. The van der Waals surface area contributed by atoms with Crippen LogP contribution in [-0.2, 0) is 9.53 Å². The summed E-state index contributed by atoms with van der Waals surface area (Å²) in [6, 6.07) is 4.11. The van der Waals surface area contributed by atoms with Gasteiger partial charge in [0.15, 0.2) is 0 Å². The van der Waals surface area contributed by atoms with Crippen molar-refractivity contribution >= 4 is 17.2 Å². The molecule has 1 aromatic rings. The number of nitrogens with zero attached hydrogens (tertiary/aromatic N) is 1. The zero-order valence-corrected chi connectivity index (χ0v) is 13.1. The summed E-state index contributed by atoms with van der Waals surface area (Å²) in [5, 5.41) is 5.54. The van der Waals surface area contributed by atoms with E-state index in [9.17, 15) is 4.79 Å². The number of hydrogen-bond donors (Lipinski definition) is 1. The van der Waals surface area contributed by atoms with Crippen molar-refractivity contribution in [2.45, 2.75) is 45.3 Å². The van der Waals surface area contributed by atoms with Crippen molar-refractivity contribution < 1.29 is 9.53 Å². The summed E-state index contributed by atoms with van der Waals surface area (Å²) >= 11 is 1.70. The number of ether oxygens (including phenoxy) is 1. The van der Waals surface area contributed by atoms with E-state index in [-0.39, 0.29) is 18.1 Å². The summed E-state index contributed by atoms with van der Waals surface area (Å²) in [5.41, 5.74) is 0. The first-order valence-electron chi connectivity index (χ1n) is 7.45. The molecule has 1 aliphatic heterocycles. The first kappa shape index (κ1) is 15.5. The van der Waals surface area contributed by atoms with Gasteiger partial charge in [-0.2, -0.15) is 0 Å². The van der Waals surface area contributed by atoms with E-state index in [0.717, 1.165) is 39.0 Å². The molecule has 0 bridgehead atoms. The number of thiophene rings is 1. The van der Waals surface area contributed by atoms with Crippen LogP contribution in [0.15, 0.2) is 17.5 Å². The molecule has 0 aliphatic carbocycles. The fraction of sp³-hybridized carbons (Fsp3) is 0.667. The van der Waals surface area contributed by atoms with Crippen molar-refractivity contribution in [1.29, 1.82) is 0 Å². The Morgan fingerprint density at radius 1 is 1.45 bits per heavy atom. The SMILES string of the molecule is CCCC1NC(c2cccs2)N(CCCOCC)C1=O. The maximum Gasteiger partial charge on any atom is 0.241 e. The molecule has 4 nitrogen and oxygen atoms in total. The van der Waals surface area contributed by atoms with Crippen LogP contribution < -0.4 is 5.32 Å². The quantitative estimate of drug-likeness (QED) is 0.750. The zero-order valence-electron chi connectivity index (χ0n) is 12.3. The normalized spacial score (nSPS) is 22.7. The summed E-state index contributed by atoms with van der Waals surface area (Å²) in [6.45, 7) is 6.32. The first-order valence-corrected chi connectivity index (χ1v) is 8.33. The Labute approximate surface area is 125 Å². The maximum absolute atomic E-state index is 12.5. The van der Waals surface area contributed by atoms with E-state index in [0.29, 0.717) is 0 Å². The first-order chi connectivity index (χ1) is 9.77. The van der Waals surface area contributed by atoms with Gasteiger partial charge in [-0.15, -0.1) is 11.3 Å². The number of rotatable bonds is 8. The molecular weight excluding hydrogens is 272 g/mol. The summed E-state index contributed by atoms with van der Waals surface area (Å²) in [5.74, 6) is 0.238. The van der Waals surface area contributed by atoms with Gasteiger partial charge in [0.2, 0.25) is 5.91 Å². The van der Waals surface area contributed by atoms with Crippen LogP contribution in [0.5, 0.6) is 0 Å². The highest BCUT2D eigenvalue weighted by atomic mass is 32.1. The van der Waals surface area contributed by atoms with E-state index in [1.54, 1.807) is 11.3 Å². The Hall–Kier alpha value is -0.910. The molecule has 1 amide bonds. The summed E-state index contributed by atoms with van der Waals surface area (Å²) in [4.78, 5) is 15.7. The monoisotopic (exact) mass is 296 g/mol. The van der Waals surface area contributed by atoms with Crippen LogP contribution in [0.1, 0.15) is 44.2 Å². The van der Waals surface area contributed by atoms with Gasteiger partial charge in [-0.3, -0.25) is 10.1 Å². The number of amides is 1. The third-order valence-corrected chi connectivity index (χ3v) is 4.46. The van der Waals surface area contributed by atoms with Gasteiger partial charge < -0.3 is 9.64 Å². The highest BCUT2D eigenvalue weighted by Crippen LogP contribution is 2.29. The molecular formula is C15H24N2O2S. The second-order valence-electron chi connectivity index (χ2n) is 5.01. The minimum Gasteiger partial charge on any atom is -0.382 e. The Morgan fingerprint density at radius 2 is 2.30 bits per heavy atom. The molecule has 5 heteroatoms. The average Bonchev–Trinajstić information content (AvgIpc) is 3.06. The van der Waals surface area contributed by atoms with Crippen LogP contribution in [0.2, 0.25) is 0 Å². The van der Waals surface area contributed by atoms with Crippen molar-refractivity contribution in [2.24, 2.45) is 0 Å². The Bertz CT molecular complexity index is 408. The van der Waals surface area contributed by atoms with E-state index in [1.165, 1.54) is 4.88 Å². The third kappa shape index (κ3) is 3.59. The van der Waals surface area contributed by atoms with Gasteiger partial charge in [0.1, 0.15) is 6.17 Å². The number of carbonyl (C=O) groups excluding carboxylic acids is 1. The van der Waals surface area contributed by atoms with Gasteiger partial charge in [0.05, 0.1) is 6.04 Å². The number of hydrogen-bond acceptors (Lipinski definition) is 4. The van der Waals surface area contributed by atoms with Crippen LogP contribution in [0.3, 0.4) is 0 Å². The largest absolute Gasteiger partial charge is 0.382 e. The molecule has 1 aromatic heterocycles. The number of nitrogens with one attached hydrogen (secondary N) is 1. The van der Waals surface area contributed by atoms with Gasteiger partial charge in [-0.25, -0.2) is 0 Å². The molecule has 0 spiro atoms. The van der Waals surface area contributed by atoms with Crippen LogP contribution in [0, 0.1) is 0 Å². The highest BCUT2D eigenvalue weighted by molar-refractivity contribution is 7.10. The number of carbonyl (C=O) groups is 1. The van der Waals surface area contributed by atoms with Gasteiger partial charge in [0.25, 0.3) is 0 Å². The van der Waals surface area contributed by atoms with Gasteiger partial charge in [-0.05, 0) is 31.2 Å². The molecule has 112 valence electrons. The molecule has 2 unspecified atom stereocenters. The summed E-state index contributed by atoms with van der Waals surface area (Å²) in [7, 11) is 0. The lowest BCUT2D eigenvalue weighted by Crippen LogP contribution is -2.32. The van der Waals surface area contributed by atoms with E-state index in [1.807, 2.05) is 17.9 Å². The predicted octanol–water partition coefficient (Wildman–Crippen LogP) is 2.77. The lowest BCUT2D eigenvalue weighted by Gasteiger charge is -2.23. The van der Waals surface area contributed by atoms with E-state index < -0.39 is 0 Å². The average molecular weight is 296 g/mol. The smallest absolute Gasteiger partial charge is 0.241 e. The molecule has 1 aliphatic rings. The topological polar surface area (TPSA) is 41.6 Å². The molecule has 1 fully saturated rings. The van der Waals surface area contributed by atoms with Gasteiger partial charge >= 0.3 is 0 Å². The fourth-order valence-electron chi connectivity index (χ4n) is 2.58. The second-order valence-corrected chi connectivity index (χ2v) is 5.99. The van der Waals surface area contributed by atoms with Crippen LogP contribution >= 0.6 is 11.3 Å². The van der Waals surface area contributed by atoms with Crippen molar-refractivity contribution in [3.63, 3.8) is 0 Å². The minimum absolute atomic E-state index is 0.0285. The van der Waals surface area contributed by atoms with Crippen molar-refractivity contribution in [1.82, 2.24) is 10.2 Å². The Kier molecular flexibility index (Phi) is 6.01. The second kappa shape index (κ2) is 7.76. The maximum atomic E-state index is 12.5. The van der Waals surface area contributed by atoms with E-state index >= 15 is 0 Å². The summed E-state index contributed by atoms with van der Waals surface area (Å²) < 4.78 is 5.37. The minimum atomic E-state index is -0.0285. The standard InChI is InChI=1S/C15H24N2O2S/c1-3-7-12-15(18)17(9-6-10-19-4-2)14(16-12)13-8-5-11-20-13/h5,8,11-12,14,16H,3-4,6-7,9-10H2,1-2H3. The zero-order chi connectivity index (χ0) is 14.4. The van der Waals surface area contributed by atoms with E-state index in [4.69, 9.17) is 4.74 Å². The molecule has 1 N–H and O–H groups in total. The molecule has 1 saturated heterocycles. The fourth-order valence-corrected chi connectivity index (χ4v) is 3.37. The molecule has 0 aromatic carbocycles. The van der Waals surface area contributed by atoms with Crippen molar-refractivity contribution in [2.75, 3.05) is 19.8 Å². The Morgan fingerprint density at radius 3 is 2.95 bits per heavy atom. The lowest BCUT2D eigenvalue weighted by atomic mass is 10.2. The molecule has 0 saturated carbocycles. The van der Waals surface area contributed by atoms with Crippen LogP contribution in [0.4, 0.5) is 0 Å². The van der Waals surface area contributed by atoms with E-state index in [2.05, 4.69) is 23.7 Å². The lowest BCUT2D eigenvalue weighted by molar-refractivity contribution is -0.130. The van der Waals surface area contributed by atoms with Crippen LogP contribution in [0.25, 0.3) is 0 Å². The van der Waals surface area contributed by atoms with Crippen molar-refractivity contribution in [3.8, 4) is 0 Å².